The Bertz CT molecular complexity index is 769. The predicted molar refractivity (Wildman–Crippen MR) is 108 cm³/mol. The molecule has 1 fully saturated rings. The lowest BCUT2D eigenvalue weighted by molar-refractivity contribution is 0.0760. The third-order valence-corrected chi connectivity index (χ3v) is 5.04. The van der Waals surface area contributed by atoms with E-state index in [4.69, 9.17) is 14.2 Å². The first kappa shape index (κ1) is 20.0. The van der Waals surface area contributed by atoms with Crippen LogP contribution in [0.4, 0.5) is 0 Å². The number of carbonyl (C=O) groups excluding carboxylic acids is 1. The van der Waals surface area contributed by atoms with Gasteiger partial charge in [-0.3, -0.25) is 9.69 Å². The maximum Gasteiger partial charge on any atom is 0.254 e. The van der Waals surface area contributed by atoms with Crippen LogP contribution in [-0.2, 0) is 6.54 Å². The molecule has 0 radical (unpaired) electrons. The van der Waals surface area contributed by atoms with E-state index in [1.54, 1.807) is 39.5 Å². The Kier molecular flexibility index (Phi) is 6.76. The molecule has 1 aliphatic heterocycles. The number of ether oxygens (including phenoxy) is 3. The summed E-state index contributed by atoms with van der Waals surface area (Å²) in [6.45, 7) is 4.14. The molecule has 2 aromatic carbocycles. The first-order valence-electron chi connectivity index (χ1n) is 9.50. The number of amides is 1. The van der Waals surface area contributed by atoms with Gasteiger partial charge in [-0.15, -0.1) is 0 Å². The van der Waals surface area contributed by atoms with Crippen molar-refractivity contribution in [1.29, 1.82) is 0 Å². The number of hydrogen-bond acceptors (Lipinski definition) is 5. The van der Waals surface area contributed by atoms with Crippen LogP contribution in [0.2, 0.25) is 0 Å². The van der Waals surface area contributed by atoms with Gasteiger partial charge in [0, 0.05) is 44.4 Å². The van der Waals surface area contributed by atoms with Gasteiger partial charge in [-0.2, -0.15) is 0 Å². The zero-order chi connectivity index (χ0) is 19.9. The molecule has 150 valence electrons. The molecule has 0 N–H and O–H groups in total. The van der Waals surface area contributed by atoms with Crippen molar-refractivity contribution in [2.75, 3.05) is 47.5 Å². The van der Waals surface area contributed by atoms with Gasteiger partial charge in [-0.05, 0) is 36.2 Å². The molecular weight excluding hydrogens is 356 g/mol. The number of nitrogens with zero attached hydrogens (tertiary/aromatic N) is 2. The average molecular weight is 384 g/mol. The van der Waals surface area contributed by atoms with E-state index in [2.05, 4.69) is 17.0 Å². The van der Waals surface area contributed by atoms with Crippen molar-refractivity contribution in [2.45, 2.75) is 13.0 Å². The second-order valence-corrected chi connectivity index (χ2v) is 6.87. The van der Waals surface area contributed by atoms with Gasteiger partial charge in [0.15, 0.2) is 0 Å². The Morgan fingerprint density at radius 2 is 1.46 bits per heavy atom. The van der Waals surface area contributed by atoms with Crippen LogP contribution in [0, 0.1) is 0 Å². The minimum atomic E-state index is 0.0171. The molecule has 1 saturated heterocycles. The van der Waals surface area contributed by atoms with Gasteiger partial charge in [0.1, 0.15) is 17.2 Å². The Hall–Kier alpha value is -2.73. The van der Waals surface area contributed by atoms with Crippen molar-refractivity contribution in [3.05, 3.63) is 53.6 Å². The van der Waals surface area contributed by atoms with Gasteiger partial charge < -0.3 is 19.1 Å². The lowest BCUT2D eigenvalue weighted by Crippen LogP contribution is -2.35. The molecule has 3 rings (SSSR count). The van der Waals surface area contributed by atoms with Crippen LogP contribution in [0.1, 0.15) is 22.3 Å². The van der Waals surface area contributed by atoms with E-state index in [1.165, 1.54) is 5.56 Å². The van der Waals surface area contributed by atoms with E-state index >= 15 is 0 Å². The molecule has 0 atom stereocenters. The zero-order valence-electron chi connectivity index (χ0n) is 16.8. The van der Waals surface area contributed by atoms with Gasteiger partial charge in [0.2, 0.25) is 0 Å². The third kappa shape index (κ3) is 4.95. The van der Waals surface area contributed by atoms with Gasteiger partial charge >= 0.3 is 0 Å². The fraction of sp³-hybridized carbons (Fsp3) is 0.409. The van der Waals surface area contributed by atoms with Crippen LogP contribution in [0.15, 0.2) is 42.5 Å². The fourth-order valence-corrected chi connectivity index (χ4v) is 3.43. The fourth-order valence-electron chi connectivity index (χ4n) is 3.43. The number of rotatable bonds is 6. The highest BCUT2D eigenvalue weighted by Gasteiger charge is 2.21. The van der Waals surface area contributed by atoms with Crippen LogP contribution >= 0.6 is 0 Å². The minimum Gasteiger partial charge on any atom is -0.497 e. The third-order valence-electron chi connectivity index (χ3n) is 5.04. The van der Waals surface area contributed by atoms with Crippen LogP contribution in [0.3, 0.4) is 0 Å². The van der Waals surface area contributed by atoms with Crippen LogP contribution in [-0.4, -0.2) is 63.2 Å². The Balaban J connectivity index is 1.63. The number of benzene rings is 2. The molecule has 0 saturated carbocycles. The SMILES string of the molecule is COc1ccc(CN2CCCN(C(=O)c3cc(OC)cc(OC)c3)CC2)cc1. The quantitative estimate of drug-likeness (QED) is 0.766. The minimum absolute atomic E-state index is 0.0171. The largest absolute Gasteiger partial charge is 0.497 e. The molecule has 0 bridgehead atoms. The molecule has 1 aliphatic rings. The lowest BCUT2D eigenvalue weighted by atomic mass is 10.1. The van der Waals surface area contributed by atoms with E-state index in [1.807, 2.05) is 17.0 Å². The van der Waals surface area contributed by atoms with E-state index in [-0.39, 0.29) is 5.91 Å². The Morgan fingerprint density at radius 3 is 2.07 bits per heavy atom. The molecule has 6 nitrogen and oxygen atoms in total. The van der Waals surface area contributed by atoms with Crippen LogP contribution < -0.4 is 14.2 Å². The summed E-state index contributed by atoms with van der Waals surface area (Å²) in [4.78, 5) is 17.3. The highest BCUT2D eigenvalue weighted by molar-refractivity contribution is 5.95. The number of methoxy groups -OCH3 is 3. The molecule has 1 heterocycles. The average Bonchev–Trinajstić information content (AvgIpc) is 2.98. The van der Waals surface area contributed by atoms with Crippen molar-refractivity contribution in [3.63, 3.8) is 0 Å². The molecule has 0 aliphatic carbocycles. The maximum atomic E-state index is 13.0. The Labute approximate surface area is 166 Å². The van der Waals surface area contributed by atoms with Crippen molar-refractivity contribution in [3.8, 4) is 17.2 Å². The topological polar surface area (TPSA) is 51.2 Å². The van der Waals surface area contributed by atoms with Gasteiger partial charge in [0.05, 0.1) is 21.3 Å². The molecule has 0 aromatic heterocycles. The van der Waals surface area contributed by atoms with E-state index < -0.39 is 0 Å². The zero-order valence-corrected chi connectivity index (χ0v) is 16.8. The molecule has 6 heteroatoms. The second kappa shape index (κ2) is 9.46. The molecular formula is C22H28N2O4. The smallest absolute Gasteiger partial charge is 0.254 e. The predicted octanol–water partition coefficient (Wildman–Crippen LogP) is 3.06. The van der Waals surface area contributed by atoms with E-state index in [0.29, 0.717) is 23.6 Å². The summed E-state index contributed by atoms with van der Waals surface area (Å²) in [5, 5.41) is 0. The van der Waals surface area contributed by atoms with Gasteiger partial charge in [-0.1, -0.05) is 12.1 Å². The summed E-state index contributed by atoms with van der Waals surface area (Å²) in [5.41, 5.74) is 1.85. The normalized spacial score (nSPS) is 15.0. The molecule has 0 spiro atoms. The van der Waals surface area contributed by atoms with E-state index in [9.17, 15) is 4.79 Å². The summed E-state index contributed by atoms with van der Waals surface area (Å²) < 4.78 is 15.8. The van der Waals surface area contributed by atoms with Crippen LogP contribution in [0.5, 0.6) is 17.2 Å². The summed E-state index contributed by atoms with van der Waals surface area (Å²) >= 11 is 0. The lowest BCUT2D eigenvalue weighted by Gasteiger charge is -2.22. The maximum absolute atomic E-state index is 13.0. The monoisotopic (exact) mass is 384 g/mol. The molecule has 2 aromatic rings. The molecule has 1 amide bonds. The summed E-state index contributed by atoms with van der Waals surface area (Å²) in [5.74, 6) is 2.13. The summed E-state index contributed by atoms with van der Waals surface area (Å²) in [7, 11) is 4.85. The number of carbonyl (C=O) groups is 1. The standard InChI is InChI=1S/C22H28N2O4/c1-26-19-7-5-17(6-8-19)16-23-9-4-10-24(12-11-23)22(25)18-13-20(27-2)15-21(14-18)28-3/h5-8,13-15H,4,9-12,16H2,1-3H3. The first-order valence-corrected chi connectivity index (χ1v) is 9.50. The molecule has 0 unspecified atom stereocenters. The van der Waals surface area contributed by atoms with Gasteiger partial charge in [-0.25, -0.2) is 0 Å². The first-order chi connectivity index (χ1) is 13.6. The Morgan fingerprint density at radius 1 is 0.821 bits per heavy atom. The van der Waals surface area contributed by atoms with Crippen molar-refractivity contribution >= 4 is 5.91 Å². The number of hydrogen-bond donors (Lipinski definition) is 0. The summed E-state index contributed by atoms with van der Waals surface area (Å²) in [6, 6.07) is 13.5. The highest BCUT2D eigenvalue weighted by Crippen LogP contribution is 2.24. The highest BCUT2D eigenvalue weighted by atomic mass is 16.5. The summed E-state index contributed by atoms with van der Waals surface area (Å²) in [6.07, 6.45) is 0.947. The van der Waals surface area contributed by atoms with Crippen molar-refractivity contribution < 1.29 is 19.0 Å². The molecule has 28 heavy (non-hydrogen) atoms. The van der Waals surface area contributed by atoms with Gasteiger partial charge in [0.25, 0.3) is 5.91 Å². The van der Waals surface area contributed by atoms with Crippen molar-refractivity contribution in [1.82, 2.24) is 9.80 Å². The second-order valence-electron chi connectivity index (χ2n) is 6.87. The van der Waals surface area contributed by atoms with Crippen LogP contribution in [0.25, 0.3) is 0 Å². The van der Waals surface area contributed by atoms with E-state index in [0.717, 1.165) is 38.3 Å². The van der Waals surface area contributed by atoms with Crippen molar-refractivity contribution in [2.24, 2.45) is 0 Å².